The van der Waals surface area contributed by atoms with Crippen LogP contribution in [0.5, 0.6) is 5.75 Å². The number of aryl methyl sites for hydroxylation is 1. The number of rotatable bonds is 5. The molecule has 0 amide bonds. The van der Waals surface area contributed by atoms with Crippen molar-refractivity contribution in [1.29, 1.82) is 0 Å². The lowest BCUT2D eigenvalue weighted by atomic mass is 9.68. The molecule has 34 heavy (non-hydrogen) atoms. The molecular formula is C28H32N2O4. The number of benzene rings is 2. The van der Waals surface area contributed by atoms with Gasteiger partial charge in [0.05, 0.1) is 25.2 Å². The van der Waals surface area contributed by atoms with Crippen molar-refractivity contribution in [3.8, 4) is 5.75 Å². The van der Waals surface area contributed by atoms with Gasteiger partial charge in [-0.3, -0.25) is 9.69 Å². The van der Waals surface area contributed by atoms with E-state index in [9.17, 15) is 9.59 Å². The van der Waals surface area contributed by atoms with Gasteiger partial charge in [-0.25, -0.2) is 4.79 Å². The number of Topliss-reactive ketones (excluding diaryl/α,β-unsaturated/α-hetero) is 1. The molecule has 1 aliphatic carbocycles. The van der Waals surface area contributed by atoms with Gasteiger partial charge in [0.1, 0.15) is 11.6 Å². The molecule has 178 valence electrons. The molecule has 0 aromatic heterocycles. The molecule has 0 spiro atoms. The second-order valence-electron chi connectivity index (χ2n) is 9.67. The third-order valence-electron chi connectivity index (χ3n) is 6.50. The van der Waals surface area contributed by atoms with Gasteiger partial charge >= 0.3 is 5.97 Å². The van der Waals surface area contributed by atoms with Crippen LogP contribution in [0.3, 0.4) is 0 Å². The molecule has 6 nitrogen and oxygen atoms in total. The third kappa shape index (κ3) is 4.09. The Kier molecular flexibility index (Phi) is 6.26. The summed E-state index contributed by atoms with van der Waals surface area (Å²) in [5.41, 5.74) is 10.9. The smallest absolute Gasteiger partial charge is 0.338 e. The molecule has 1 aliphatic heterocycles. The molecule has 0 radical (unpaired) electrons. The maximum Gasteiger partial charge on any atom is 0.338 e. The summed E-state index contributed by atoms with van der Waals surface area (Å²) in [7, 11) is 1.58. The van der Waals surface area contributed by atoms with Crippen LogP contribution in [-0.4, -0.2) is 25.5 Å². The molecule has 1 unspecified atom stereocenters. The SMILES string of the molecule is CCOC(=O)C1=C(N)N(c2ccc(C)cc2)C2=C(C(=O)CC(C)(C)C2)C1c1ccccc1OC. The lowest BCUT2D eigenvalue weighted by Crippen LogP contribution is -2.43. The van der Waals surface area contributed by atoms with Crippen molar-refractivity contribution in [2.45, 2.75) is 46.5 Å². The molecule has 2 aliphatic rings. The van der Waals surface area contributed by atoms with Crippen molar-refractivity contribution < 1.29 is 19.1 Å². The molecule has 0 bridgehead atoms. The first-order chi connectivity index (χ1) is 16.2. The van der Waals surface area contributed by atoms with Gasteiger partial charge in [-0.15, -0.1) is 0 Å². The molecule has 2 aromatic carbocycles. The van der Waals surface area contributed by atoms with Crippen molar-refractivity contribution >= 4 is 17.4 Å². The second kappa shape index (κ2) is 9.01. The summed E-state index contributed by atoms with van der Waals surface area (Å²) < 4.78 is 11.1. The predicted octanol–water partition coefficient (Wildman–Crippen LogP) is 4.98. The normalized spacial score (nSPS) is 19.7. The number of para-hydroxylation sites is 1. The number of ketones is 1. The van der Waals surface area contributed by atoms with Crippen LogP contribution in [0.15, 0.2) is 71.2 Å². The van der Waals surface area contributed by atoms with E-state index in [1.807, 2.05) is 60.4 Å². The van der Waals surface area contributed by atoms with E-state index >= 15 is 0 Å². The van der Waals surface area contributed by atoms with Crippen LogP contribution in [-0.2, 0) is 14.3 Å². The first-order valence-electron chi connectivity index (χ1n) is 11.6. The zero-order chi connectivity index (χ0) is 24.6. The van der Waals surface area contributed by atoms with Crippen LogP contribution < -0.4 is 15.4 Å². The summed E-state index contributed by atoms with van der Waals surface area (Å²) in [5, 5.41) is 0. The first kappa shape index (κ1) is 23.6. The fraction of sp³-hybridized carbons (Fsp3) is 0.357. The number of nitrogens with two attached hydrogens (primary N) is 1. The van der Waals surface area contributed by atoms with Gasteiger partial charge in [0.15, 0.2) is 5.78 Å². The average Bonchev–Trinajstić information content (AvgIpc) is 2.78. The summed E-state index contributed by atoms with van der Waals surface area (Å²) in [6, 6.07) is 15.4. The van der Waals surface area contributed by atoms with Gasteiger partial charge in [-0.05, 0) is 43.9 Å². The molecule has 2 N–H and O–H groups in total. The second-order valence-corrected chi connectivity index (χ2v) is 9.67. The highest BCUT2D eigenvalue weighted by Gasteiger charge is 2.47. The van der Waals surface area contributed by atoms with E-state index in [1.54, 1.807) is 14.0 Å². The Morgan fingerprint density at radius 1 is 1.12 bits per heavy atom. The van der Waals surface area contributed by atoms with Crippen LogP contribution in [0.1, 0.15) is 50.7 Å². The number of nitrogens with zero attached hydrogens (tertiary/aromatic N) is 1. The first-order valence-corrected chi connectivity index (χ1v) is 11.6. The summed E-state index contributed by atoms with van der Waals surface area (Å²) in [4.78, 5) is 29.0. The minimum Gasteiger partial charge on any atom is -0.496 e. The van der Waals surface area contributed by atoms with Crippen LogP contribution >= 0.6 is 0 Å². The molecule has 1 atom stereocenters. The highest BCUT2D eigenvalue weighted by Crippen LogP contribution is 2.51. The zero-order valence-electron chi connectivity index (χ0n) is 20.5. The fourth-order valence-corrected chi connectivity index (χ4v) is 5.02. The van der Waals surface area contributed by atoms with Gasteiger partial charge in [-0.1, -0.05) is 49.7 Å². The van der Waals surface area contributed by atoms with Gasteiger partial charge in [0, 0.05) is 28.9 Å². The van der Waals surface area contributed by atoms with Crippen LogP contribution in [0.25, 0.3) is 0 Å². The number of methoxy groups -OCH3 is 1. The zero-order valence-corrected chi connectivity index (χ0v) is 20.5. The van der Waals surface area contributed by atoms with Gasteiger partial charge in [0.2, 0.25) is 0 Å². The van der Waals surface area contributed by atoms with E-state index in [-0.39, 0.29) is 29.2 Å². The molecule has 0 fully saturated rings. The van der Waals surface area contributed by atoms with Crippen molar-refractivity contribution in [3.63, 3.8) is 0 Å². The number of anilines is 1. The maximum absolute atomic E-state index is 13.8. The topological polar surface area (TPSA) is 81.9 Å². The monoisotopic (exact) mass is 460 g/mol. The van der Waals surface area contributed by atoms with Crippen molar-refractivity contribution in [1.82, 2.24) is 0 Å². The number of hydrogen-bond acceptors (Lipinski definition) is 6. The Balaban J connectivity index is 2.05. The van der Waals surface area contributed by atoms with Gasteiger partial charge in [0.25, 0.3) is 0 Å². The minimum absolute atomic E-state index is 0.00793. The molecule has 0 saturated carbocycles. The van der Waals surface area contributed by atoms with E-state index < -0.39 is 11.9 Å². The highest BCUT2D eigenvalue weighted by molar-refractivity contribution is 6.05. The fourth-order valence-electron chi connectivity index (χ4n) is 5.02. The van der Waals surface area contributed by atoms with E-state index in [4.69, 9.17) is 15.2 Å². The Morgan fingerprint density at radius 3 is 2.44 bits per heavy atom. The number of esters is 1. The summed E-state index contributed by atoms with van der Waals surface area (Å²) in [5.74, 6) is -0.320. The minimum atomic E-state index is -0.671. The average molecular weight is 461 g/mol. The molecule has 6 heteroatoms. The number of allylic oxidation sites excluding steroid dienone is 2. The highest BCUT2D eigenvalue weighted by atomic mass is 16.5. The third-order valence-corrected chi connectivity index (χ3v) is 6.50. The van der Waals surface area contributed by atoms with Gasteiger partial charge in [-0.2, -0.15) is 0 Å². The molecule has 0 saturated heterocycles. The number of carbonyl (C=O) groups excluding carboxylic acids is 2. The van der Waals surface area contributed by atoms with Crippen LogP contribution in [0.2, 0.25) is 0 Å². The van der Waals surface area contributed by atoms with Gasteiger partial charge < -0.3 is 15.2 Å². The quantitative estimate of drug-likeness (QED) is 0.634. The summed E-state index contributed by atoms with van der Waals surface area (Å²) in [6.45, 7) is 8.14. The summed E-state index contributed by atoms with van der Waals surface area (Å²) >= 11 is 0. The van der Waals surface area contributed by atoms with E-state index in [2.05, 4.69) is 13.8 Å². The maximum atomic E-state index is 13.8. The predicted molar refractivity (Wildman–Crippen MR) is 132 cm³/mol. The summed E-state index contributed by atoms with van der Waals surface area (Å²) in [6.07, 6.45) is 1.03. The number of hydrogen-bond donors (Lipinski definition) is 1. The lowest BCUT2D eigenvalue weighted by Gasteiger charge is -2.44. The molecular weight excluding hydrogens is 428 g/mol. The molecule has 1 heterocycles. The Morgan fingerprint density at radius 2 is 1.79 bits per heavy atom. The standard InChI is InChI=1S/C28H32N2O4/c1-6-34-27(32)25-23(19-9-7-8-10-22(19)33-5)24-20(15-28(3,4)16-21(24)31)30(26(25)29)18-13-11-17(2)12-14-18/h7-14,23H,6,15-16,29H2,1-5H3. The van der Waals surface area contributed by atoms with Crippen molar-refractivity contribution in [2.75, 3.05) is 18.6 Å². The number of ether oxygens (including phenoxy) is 2. The van der Waals surface area contributed by atoms with Crippen molar-refractivity contribution in [3.05, 3.63) is 82.3 Å². The Labute approximate surface area is 201 Å². The van der Waals surface area contributed by atoms with E-state index in [0.717, 1.165) is 22.5 Å². The number of carbonyl (C=O) groups is 2. The Hall–Kier alpha value is -3.54. The molecule has 4 rings (SSSR count). The van der Waals surface area contributed by atoms with Crippen LogP contribution in [0, 0.1) is 12.3 Å². The van der Waals surface area contributed by atoms with E-state index in [1.165, 1.54) is 0 Å². The van der Waals surface area contributed by atoms with E-state index in [0.29, 0.717) is 24.2 Å². The van der Waals surface area contributed by atoms with Crippen LogP contribution in [0.4, 0.5) is 5.69 Å². The Bertz CT molecular complexity index is 1190. The molecule has 2 aromatic rings. The van der Waals surface area contributed by atoms with Crippen molar-refractivity contribution in [2.24, 2.45) is 11.1 Å². The lowest BCUT2D eigenvalue weighted by molar-refractivity contribution is -0.138. The largest absolute Gasteiger partial charge is 0.496 e.